The molecule has 34 heavy (non-hydrogen) atoms. The molecule has 2 N–H and O–H groups in total. The number of carbonyl (C=O) groups is 1. The second kappa shape index (κ2) is 10.0. The first-order valence-corrected chi connectivity index (χ1v) is 12.5. The van der Waals surface area contributed by atoms with Crippen LogP contribution in [0.15, 0.2) is 64.2 Å². The number of phenolic OH excluding ortho intramolecular Hbond substituents is 1. The van der Waals surface area contributed by atoms with E-state index in [0.717, 1.165) is 38.1 Å². The molecule has 1 aromatic heterocycles. The van der Waals surface area contributed by atoms with Crippen molar-refractivity contribution in [3.63, 3.8) is 0 Å². The quantitative estimate of drug-likeness (QED) is 0.280. The first-order valence-electron chi connectivity index (χ1n) is 10.7. The van der Waals surface area contributed by atoms with E-state index >= 15 is 0 Å². The Morgan fingerprint density at radius 3 is 2.47 bits per heavy atom. The van der Waals surface area contributed by atoms with Crippen molar-refractivity contribution >= 4 is 39.3 Å². The van der Waals surface area contributed by atoms with Crippen LogP contribution in [0.3, 0.4) is 0 Å². The van der Waals surface area contributed by atoms with Crippen LogP contribution in [0.2, 0.25) is 0 Å². The molecular weight excluding hydrogens is 512 g/mol. The molecule has 0 spiro atoms. The number of aromatic hydroxyl groups is 1. The summed E-state index contributed by atoms with van der Waals surface area (Å²) in [6, 6.07) is 17.3. The number of hydrogen-bond donors (Lipinski definition) is 2. The summed E-state index contributed by atoms with van der Waals surface area (Å²) in [5, 5.41) is 22.9. The molecule has 0 aliphatic rings. The summed E-state index contributed by atoms with van der Waals surface area (Å²) in [6.07, 6.45) is 0. The highest BCUT2D eigenvalue weighted by atomic mass is 79.9. The van der Waals surface area contributed by atoms with E-state index in [2.05, 4.69) is 37.5 Å². The van der Waals surface area contributed by atoms with Crippen LogP contribution in [0, 0.1) is 27.7 Å². The Kier molecular flexibility index (Phi) is 7.09. The largest absolute Gasteiger partial charge is 0.507 e. The Labute approximate surface area is 211 Å². The summed E-state index contributed by atoms with van der Waals surface area (Å²) in [6.45, 7) is 8.02. The summed E-state index contributed by atoms with van der Waals surface area (Å²) in [5.74, 6) is 0.649. The van der Waals surface area contributed by atoms with Crippen molar-refractivity contribution in [2.75, 3.05) is 11.1 Å². The molecule has 4 aromatic rings. The van der Waals surface area contributed by atoms with Crippen LogP contribution >= 0.6 is 27.7 Å². The van der Waals surface area contributed by atoms with Gasteiger partial charge in [0.05, 0.1) is 17.0 Å². The number of thioether (sulfide) groups is 1. The third-order valence-electron chi connectivity index (χ3n) is 5.43. The summed E-state index contributed by atoms with van der Waals surface area (Å²) in [5.41, 5.74) is 6.52. The fraction of sp³-hybridized carbons (Fsp3) is 0.192. The maximum absolute atomic E-state index is 12.7. The molecule has 8 heteroatoms. The number of rotatable bonds is 6. The van der Waals surface area contributed by atoms with Crippen LogP contribution in [0.4, 0.5) is 5.69 Å². The van der Waals surface area contributed by atoms with Gasteiger partial charge < -0.3 is 10.4 Å². The van der Waals surface area contributed by atoms with E-state index in [1.165, 1.54) is 11.8 Å². The number of nitrogens with zero attached hydrogens (tertiary/aromatic N) is 3. The van der Waals surface area contributed by atoms with Gasteiger partial charge in [-0.15, -0.1) is 10.2 Å². The van der Waals surface area contributed by atoms with Gasteiger partial charge in [0.1, 0.15) is 5.75 Å². The molecule has 0 saturated carbocycles. The smallest absolute Gasteiger partial charge is 0.234 e. The summed E-state index contributed by atoms with van der Waals surface area (Å²) >= 11 is 4.77. The molecule has 0 atom stereocenters. The highest BCUT2D eigenvalue weighted by Gasteiger charge is 2.21. The van der Waals surface area contributed by atoms with Crippen molar-refractivity contribution in [3.8, 4) is 22.8 Å². The zero-order chi connectivity index (χ0) is 24.4. The second-order valence-corrected chi connectivity index (χ2v) is 10.1. The molecule has 0 bridgehead atoms. The lowest BCUT2D eigenvalue weighted by Gasteiger charge is -2.14. The van der Waals surface area contributed by atoms with Gasteiger partial charge in [0.25, 0.3) is 0 Å². The van der Waals surface area contributed by atoms with E-state index in [1.807, 2.05) is 62.6 Å². The van der Waals surface area contributed by atoms with Crippen molar-refractivity contribution in [2.45, 2.75) is 32.9 Å². The van der Waals surface area contributed by atoms with Crippen LogP contribution in [0.25, 0.3) is 17.1 Å². The minimum absolute atomic E-state index is 0.103. The van der Waals surface area contributed by atoms with E-state index in [9.17, 15) is 9.90 Å². The maximum atomic E-state index is 12.7. The highest BCUT2D eigenvalue weighted by Crippen LogP contribution is 2.35. The number of hydrogen-bond acceptors (Lipinski definition) is 5. The van der Waals surface area contributed by atoms with Gasteiger partial charge in [-0.25, -0.2) is 0 Å². The van der Waals surface area contributed by atoms with Crippen LogP contribution in [-0.2, 0) is 4.79 Å². The molecule has 0 radical (unpaired) electrons. The Hall–Kier alpha value is -3.10. The second-order valence-electron chi connectivity index (χ2n) is 8.25. The lowest BCUT2D eigenvalue weighted by molar-refractivity contribution is -0.113. The molecule has 0 aliphatic carbocycles. The van der Waals surface area contributed by atoms with Gasteiger partial charge in [-0.1, -0.05) is 57.5 Å². The summed E-state index contributed by atoms with van der Waals surface area (Å²) in [4.78, 5) is 12.7. The van der Waals surface area contributed by atoms with Crippen LogP contribution in [0.1, 0.15) is 22.3 Å². The first kappa shape index (κ1) is 24.0. The van der Waals surface area contributed by atoms with E-state index in [1.54, 1.807) is 18.2 Å². The van der Waals surface area contributed by atoms with E-state index < -0.39 is 0 Å². The Balaban J connectivity index is 1.68. The van der Waals surface area contributed by atoms with Gasteiger partial charge in [0, 0.05) is 10.2 Å². The summed E-state index contributed by atoms with van der Waals surface area (Å²) in [7, 11) is 0. The summed E-state index contributed by atoms with van der Waals surface area (Å²) < 4.78 is 2.71. The fourth-order valence-corrected chi connectivity index (χ4v) is 4.79. The number of carbonyl (C=O) groups excluding carboxylic acids is 1. The molecule has 1 amide bonds. The van der Waals surface area contributed by atoms with Crippen molar-refractivity contribution < 1.29 is 9.90 Å². The topological polar surface area (TPSA) is 80.0 Å². The molecule has 0 unspecified atom stereocenters. The van der Waals surface area contributed by atoms with Gasteiger partial charge in [-0.2, -0.15) is 0 Å². The zero-order valence-corrected chi connectivity index (χ0v) is 21.8. The standard InChI is InChI=1S/C26H25BrN4O2S/c1-15-6-9-22(18(4)11-15)31-25(20-13-19(27)8-10-23(20)32)29-30-26(31)34-14-24(33)28-21-12-16(2)5-7-17(21)3/h5-13,32H,14H2,1-4H3,(H,28,33). The molecule has 174 valence electrons. The van der Waals surface area contributed by atoms with E-state index in [0.29, 0.717) is 16.5 Å². The van der Waals surface area contributed by atoms with Crippen molar-refractivity contribution in [1.29, 1.82) is 0 Å². The van der Waals surface area contributed by atoms with E-state index in [-0.39, 0.29) is 17.4 Å². The van der Waals surface area contributed by atoms with Gasteiger partial charge in [-0.05, 0) is 74.7 Å². The van der Waals surface area contributed by atoms with Gasteiger partial charge >= 0.3 is 0 Å². The first-order chi connectivity index (χ1) is 16.2. The number of aryl methyl sites for hydroxylation is 4. The Bertz CT molecular complexity index is 1380. The normalized spacial score (nSPS) is 11.0. The number of aromatic nitrogens is 3. The molecule has 0 aliphatic heterocycles. The molecule has 0 saturated heterocycles. The highest BCUT2D eigenvalue weighted by molar-refractivity contribution is 9.10. The molecule has 0 fully saturated rings. The van der Waals surface area contributed by atoms with Crippen molar-refractivity contribution in [2.24, 2.45) is 0 Å². The minimum atomic E-state index is -0.124. The predicted octanol–water partition coefficient (Wildman–Crippen LogP) is 6.37. The monoisotopic (exact) mass is 536 g/mol. The van der Waals surface area contributed by atoms with Crippen LogP contribution in [-0.4, -0.2) is 31.5 Å². The van der Waals surface area contributed by atoms with Gasteiger partial charge in [0.2, 0.25) is 5.91 Å². The Morgan fingerprint density at radius 1 is 0.971 bits per heavy atom. The van der Waals surface area contributed by atoms with Gasteiger partial charge in [0.15, 0.2) is 11.0 Å². The maximum Gasteiger partial charge on any atom is 0.234 e. The van der Waals surface area contributed by atoms with Crippen molar-refractivity contribution in [1.82, 2.24) is 14.8 Å². The zero-order valence-electron chi connectivity index (χ0n) is 19.4. The lowest BCUT2D eigenvalue weighted by Crippen LogP contribution is -2.15. The van der Waals surface area contributed by atoms with Crippen molar-refractivity contribution in [3.05, 3.63) is 81.3 Å². The third kappa shape index (κ3) is 5.18. The predicted molar refractivity (Wildman–Crippen MR) is 141 cm³/mol. The van der Waals surface area contributed by atoms with Crippen LogP contribution < -0.4 is 5.32 Å². The molecule has 3 aromatic carbocycles. The third-order valence-corrected chi connectivity index (χ3v) is 6.85. The minimum Gasteiger partial charge on any atom is -0.507 e. The average molecular weight is 537 g/mol. The van der Waals surface area contributed by atoms with Crippen LogP contribution in [0.5, 0.6) is 5.75 Å². The molecule has 6 nitrogen and oxygen atoms in total. The Morgan fingerprint density at radius 2 is 1.71 bits per heavy atom. The molecular formula is C26H25BrN4O2S. The fourth-order valence-electron chi connectivity index (χ4n) is 3.69. The SMILES string of the molecule is Cc1ccc(-n2c(SCC(=O)Nc3cc(C)ccc3C)nnc2-c2cc(Br)ccc2O)c(C)c1. The van der Waals surface area contributed by atoms with Gasteiger partial charge in [-0.3, -0.25) is 9.36 Å². The van der Waals surface area contributed by atoms with E-state index in [4.69, 9.17) is 0 Å². The number of benzene rings is 3. The number of phenols is 1. The average Bonchev–Trinajstić information content (AvgIpc) is 3.20. The molecule has 4 rings (SSSR count). The number of amides is 1. The lowest BCUT2D eigenvalue weighted by atomic mass is 10.1. The number of nitrogens with one attached hydrogen (secondary N) is 1. The number of anilines is 1. The molecule has 1 heterocycles. The number of halogens is 1.